The smallest absolute Gasteiger partial charge is 0.227 e. The summed E-state index contributed by atoms with van der Waals surface area (Å²) in [5, 5.41) is 6.37. The van der Waals surface area contributed by atoms with Crippen molar-refractivity contribution in [3.8, 4) is 0 Å². The Morgan fingerprint density at radius 1 is 1.36 bits per heavy atom. The van der Waals surface area contributed by atoms with Crippen molar-refractivity contribution in [2.75, 3.05) is 31.1 Å². The zero-order valence-electron chi connectivity index (χ0n) is 14.8. The maximum atomic E-state index is 12.4. The molecule has 0 bridgehead atoms. The molecule has 1 aromatic rings. The molecule has 2 heterocycles. The van der Waals surface area contributed by atoms with Crippen LogP contribution in [0.4, 0.5) is 5.69 Å². The first kappa shape index (κ1) is 19.7. The molecule has 2 amide bonds. The van der Waals surface area contributed by atoms with Crippen LogP contribution in [-0.4, -0.2) is 38.0 Å². The Labute approximate surface area is 155 Å². The van der Waals surface area contributed by atoms with Crippen LogP contribution in [-0.2, 0) is 16.0 Å². The van der Waals surface area contributed by atoms with Crippen molar-refractivity contribution in [3.05, 3.63) is 29.8 Å². The van der Waals surface area contributed by atoms with E-state index in [-0.39, 0.29) is 30.1 Å². The molecule has 0 spiro atoms. The molecule has 0 radical (unpaired) electrons. The SMILES string of the molecule is CCc1ccccc1N1CC(C(=O)NCCC2CCNC2)CC1=O.Cl. The van der Waals surface area contributed by atoms with E-state index in [1.807, 2.05) is 24.3 Å². The van der Waals surface area contributed by atoms with E-state index in [1.165, 1.54) is 6.42 Å². The molecule has 2 fully saturated rings. The number of amides is 2. The Morgan fingerprint density at radius 2 is 2.16 bits per heavy atom. The minimum absolute atomic E-state index is 0. The van der Waals surface area contributed by atoms with Crippen LogP contribution in [0.3, 0.4) is 0 Å². The number of halogens is 1. The lowest BCUT2D eigenvalue weighted by molar-refractivity contribution is -0.126. The van der Waals surface area contributed by atoms with Crippen molar-refractivity contribution in [1.82, 2.24) is 10.6 Å². The molecule has 5 nitrogen and oxygen atoms in total. The highest BCUT2D eigenvalue weighted by Crippen LogP contribution is 2.28. The minimum Gasteiger partial charge on any atom is -0.356 e. The second-order valence-electron chi connectivity index (χ2n) is 6.83. The maximum Gasteiger partial charge on any atom is 0.227 e. The number of benzene rings is 1. The van der Waals surface area contributed by atoms with Crippen LogP contribution < -0.4 is 15.5 Å². The molecule has 6 heteroatoms. The number of carbonyl (C=O) groups is 2. The molecule has 2 aliphatic heterocycles. The normalized spacial score (nSPS) is 22.8. The highest BCUT2D eigenvalue weighted by molar-refractivity contribution is 6.00. The predicted molar refractivity (Wildman–Crippen MR) is 102 cm³/mol. The number of para-hydroxylation sites is 1. The van der Waals surface area contributed by atoms with Crippen molar-refractivity contribution >= 4 is 29.9 Å². The summed E-state index contributed by atoms with van der Waals surface area (Å²) in [7, 11) is 0. The fourth-order valence-corrected chi connectivity index (χ4v) is 3.69. The predicted octanol–water partition coefficient (Wildman–Crippen LogP) is 2.14. The van der Waals surface area contributed by atoms with Gasteiger partial charge in [0.1, 0.15) is 0 Å². The van der Waals surface area contributed by atoms with Crippen LogP contribution in [0.1, 0.15) is 31.7 Å². The van der Waals surface area contributed by atoms with Gasteiger partial charge in [-0.25, -0.2) is 0 Å². The van der Waals surface area contributed by atoms with Crippen molar-refractivity contribution in [3.63, 3.8) is 0 Å². The van der Waals surface area contributed by atoms with Crippen LogP contribution in [0.2, 0.25) is 0 Å². The van der Waals surface area contributed by atoms with Gasteiger partial charge in [0.05, 0.1) is 5.92 Å². The van der Waals surface area contributed by atoms with Crippen LogP contribution in [0.25, 0.3) is 0 Å². The second kappa shape index (κ2) is 9.20. The summed E-state index contributed by atoms with van der Waals surface area (Å²) in [6, 6.07) is 7.96. The van der Waals surface area contributed by atoms with Crippen molar-refractivity contribution in [1.29, 1.82) is 0 Å². The topological polar surface area (TPSA) is 61.4 Å². The molecule has 0 aromatic heterocycles. The van der Waals surface area contributed by atoms with Crippen LogP contribution in [0.15, 0.2) is 24.3 Å². The zero-order valence-corrected chi connectivity index (χ0v) is 15.6. The number of aryl methyl sites for hydroxylation is 1. The molecule has 138 valence electrons. The summed E-state index contributed by atoms with van der Waals surface area (Å²) in [6.07, 6.45) is 3.41. The Balaban J connectivity index is 0.00000225. The third kappa shape index (κ3) is 4.73. The third-order valence-corrected chi connectivity index (χ3v) is 5.17. The fourth-order valence-electron chi connectivity index (χ4n) is 3.69. The molecule has 0 saturated carbocycles. The number of nitrogens with one attached hydrogen (secondary N) is 2. The van der Waals surface area contributed by atoms with Crippen LogP contribution in [0, 0.1) is 11.8 Å². The maximum absolute atomic E-state index is 12.4. The molecular formula is C19H28ClN3O2. The van der Waals surface area contributed by atoms with Gasteiger partial charge in [0, 0.05) is 25.2 Å². The summed E-state index contributed by atoms with van der Waals surface area (Å²) >= 11 is 0. The number of carbonyl (C=O) groups excluding carboxylic acids is 2. The number of hydrogen-bond donors (Lipinski definition) is 2. The van der Waals surface area contributed by atoms with Gasteiger partial charge in [-0.15, -0.1) is 12.4 Å². The highest BCUT2D eigenvalue weighted by atomic mass is 35.5. The van der Waals surface area contributed by atoms with E-state index < -0.39 is 0 Å². The number of rotatable bonds is 6. The standard InChI is InChI=1S/C19H27N3O2.ClH/c1-2-15-5-3-4-6-17(15)22-13-16(11-18(22)23)19(24)21-10-8-14-7-9-20-12-14;/h3-6,14,16,20H,2,7-13H2,1H3,(H,21,24);1H. The Hall–Kier alpha value is -1.59. The average Bonchev–Trinajstić information content (AvgIpc) is 3.24. The fraction of sp³-hybridized carbons (Fsp3) is 0.579. The van der Waals surface area contributed by atoms with Crippen molar-refractivity contribution < 1.29 is 9.59 Å². The molecule has 25 heavy (non-hydrogen) atoms. The van der Waals surface area contributed by atoms with Gasteiger partial charge < -0.3 is 15.5 Å². The molecule has 1 aromatic carbocycles. The highest BCUT2D eigenvalue weighted by Gasteiger charge is 2.35. The number of hydrogen-bond acceptors (Lipinski definition) is 3. The average molecular weight is 366 g/mol. The van der Waals surface area contributed by atoms with Gasteiger partial charge in [-0.05, 0) is 49.9 Å². The van der Waals surface area contributed by atoms with Crippen LogP contribution in [0.5, 0.6) is 0 Å². The van der Waals surface area contributed by atoms with Gasteiger partial charge in [-0.3, -0.25) is 9.59 Å². The van der Waals surface area contributed by atoms with Crippen molar-refractivity contribution in [2.24, 2.45) is 11.8 Å². The summed E-state index contributed by atoms with van der Waals surface area (Å²) in [5.41, 5.74) is 2.11. The summed E-state index contributed by atoms with van der Waals surface area (Å²) in [5.74, 6) is 0.509. The molecule has 2 aliphatic rings. The number of anilines is 1. The summed E-state index contributed by atoms with van der Waals surface area (Å²) < 4.78 is 0. The van der Waals surface area contributed by atoms with Crippen LogP contribution >= 0.6 is 12.4 Å². The summed E-state index contributed by atoms with van der Waals surface area (Å²) in [6.45, 7) is 5.43. The van der Waals surface area contributed by atoms with Gasteiger partial charge >= 0.3 is 0 Å². The molecule has 3 rings (SSSR count). The van der Waals surface area contributed by atoms with Gasteiger partial charge in [0.2, 0.25) is 11.8 Å². The van der Waals surface area contributed by atoms with E-state index in [1.54, 1.807) is 4.90 Å². The lowest BCUT2D eigenvalue weighted by Gasteiger charge is -2.20. The van der Waals surface area contributed by atoms with E-state index in [4.69, 9.17) is 0 Å². The van der Waals surface area contributed by atoms with Crippen molar-refractivity contribution in [2.45, 2.75) is 32.6 Å². The molecule has 2 unspecified atom stereocenters. The second-order valence-corrected chi connectivity index (χ2v) is 6.83. The Bertz CT molecular complexity index is 602. The minimum atomic E-state index is -0.232. The molecule has 2 saturated heterocycles. The van der Waals surface area contributed by atoms with E-state index in [2.05, 4.69) is 17.6 Å². The summed E-state index contributed by atoms with van der Waals surface area (Å²) in [4.78, 5) is 26.6. The van der Waals surface area contributed by atoms with Gasteiger partial charge in [0.25, 0.3) is 0 Å². The number of nitrogens with zero attached hydrogens (tertiary/aromatic N) is 1. The van der Waals surface area contributed by atoms with E-state index in [0.717, 1.165) is 37.2 Å². The molecule has 0 aliphatic carbocycles. The Morgan fingerprint density at radius 3 is 2.88 bits per heavy atom. The largest absolute Gasteiger partial charge is 0.356 e. The quantitative estimate of drug-likeness (QED) is 0.812. The first-order chi connectivity index (χ1) is 11.7. The van der Waals surface area contributed by atoms with Gasteiger partial charge in [0.15, 0.2) is 0 Å². The lowest BCUT2D eigenvalue weighted by atomic mass is 10.0. The molecular weight excluding hydrogens is 338 g/mol. The first-order valence-corrected chi connectivity index (χ1v) is 9.05. The van der Waals surface area contributed by atoms with E-state index >= 15 is 0 Å². The molecule has 2 atom stereocenters. The van der Waals surface area contributed by atoms with E-state index in [0.29, 0.717) is 25.4 Å². The Kier molecular flexibility index (Phi) is 7.26. The van der Waals surface area contributed by atoms with E-state index in [9.17, 15) is 9.59 Å². The first-order valence-electron chi connectivity index (χ1n) is 9.05. The molecule has 2 N–H and O–H groups in total. The van der Waals surface area contributed by atoms with Gasteiger partial charge in [-0.1, -0.05) is 25.1 Å². The zero-order chi connectivity index (χ0) is 16.9. The lowest BCUT2D eigenvalue weighted by Crippen LogP contribution is -2.34. The monoisotopic (exact) mass is 365 g/mol. The third-order valence-electron chi connectivity index (χ3n) is 5.17. The van der Waals surface area contributed by atoms with Gasteiger partial charge in [-0.2, -0.15) is 0 Å².